The SMILES string of the molecule is CCCC=CC(=O)OCCCCC. The predicted molar refractivity (Wildman–Crippen MR) is 54.5 cm³/mol. The largest absolute Gasteiger partial charge is 0.463 e. The molecule has 0 atom stereocenters. The Balaban J connectivity index is 3.29. The maximum Gasteiger partial charge on any atom is 0.330 e. The molecule has 0 amide bonds. The first-order valence-corrected chi connectivity index (χ1v) is 5.14. The van der Waals surface area contributed by atoms with Gasteiger partial charge in [-0.05, 0) is 12.8 Å². The molecule has 0 unspecified atom stereocenters. The second-order valence-electron chi connectivity index (χ2n) is 3.07. The van der Waals surface area contributed by atoms with E-state index in [1.54, 1.807) is 0 Å². The van der Waals surface area contributed by atoms with Crippen molar-refractivity contribution < 1.29 is 9.53 Å². The molecular weight excluding hydrogens is 164 g/mol. The van der Waals surface area contributed by atoms with Gasteiger partial charge in [-0.3, -0.25) is 0 Å². The molecule has 0 aromatic carbocycles. The summed E-state index contributed by atoms with van der Waals surface area (Å²) in [5.74, 6) is -0.204. The Morgan fingerprint density at radius 2 is 2.00 bits per heavy atom. The lowest BCUT2D eigenvalue weighted by molar-refractivity contribution is -0.137. The first-order valence-electron chi connectivity index (χ1n) is 5.14. The first kappa shape index (κ1) is 12.2. The van der Waals surface area contributed by atoms with E-state index in [0.29, 0.717) is 6.61 Å². The van der Waals surface area contributed by atoms with Crippen LogP contribution in [0.1, 0.15) is 46.0 Å². The zero-order valence-electron chi connectivity index (χ0n) is 8.71. The molecule has 2 nitrogen and oxygen atoms in total. The molecule has 0 aliphatic heterocycles. The van der Waals surface area contributed by atoms with E-state index in [1.165, 1.54) is 6.08 Å². The van der Waals surface area contributed by atoms with Gasteiger partial charge < -0.3 is 4.74 Å². The number of allylic oxidation sites excluding steroid dienone is 1. The average molecular weight is 184 g/mol. The standard InChI is InChI=1S/C11H20O2/c1-3-5-7-9-11(12)13-10-8-6-4-2/h7,9H,3-6,8,10H2,1-2H3. The summed E-state index contributed by atoms with van der Waals surface area (Å²) in [4.78, 5) is 11.0. The third-order valence-corrected chi connectivity index (χ3v) is 1.70. The van der Waals surface area contributed by atoms with Crippen molar-refractivity contribution in [1.29, 1.82) is 0 Å². The van der Waals surface area contributed by atoms with Crippen LogP contribution in [0.4, 0.5) is 0 Å². The Morgan fingerprint density at radius 1 is 1.23 bits per heavy atom. The molecule has 0 aromatic heterocycles. The summed E-state index contributed by atoms with van der Waals surface area (Å²) in [5, 5.41) is 0. The summed E-state index contributed by atoms with van der Waals surface area (Å²) >= 11 is 0. The van der Waals surface area contributed by atoms with Crippen molar-refractivity contribution >= 4 is 5.97 Å². The molecule has 0 aromatic rings. The Morgan fingerprint density at radius 3 is 2.62 bits per heavy atom. The van der Waals surface area contributed by atoms with Crippen LogP contribution in [0.5, 0.6) is 0 Å². The number of hydrogen-bond acceptors (Lipinski definition) is 2. The monoisotopic (exact) mass is 184 g/mol. The molecule has 0 saturated carbocycles. The third-order valence-electron chi connectivity index (χ3n) is 1.70. The molecule has 0 bridgehead atoms. The van der Waals surface area contributed by atoms with Crippen LogP contribution in [0.25, 0.3) is 0 Å². The van der Waals surface area contributed by atoms with E-state index in [0.717, 1.165) is 32.1 Å². The van der Waals surface area contributed by atoms with Crippen LogP contribution in [-0.2, 0) is 9.53 Å². The van der Waals surface area contributed by atoms with Gasteiger partial charge in [-0.25, -0.2) is 4.79 Å². The zero-order valence-corrected chi connectivity index (χ0v) is 8.71. The highest BCUT2D eigenvalue weighted by Crippen LogP contribution is 1.95. The molecule has 0 aliphatic rings. The van der Waals surface area contributed by atoms with Crippen LogP contribution >= 0.6 is 0 Å². The minimum absolute atomic E-state index is 0.204. The highest BCUT2D eigenvalue weighted by molar-refractivity contribution is 5.81. The van der Waals surface area contributed by atoms with Gasteiger partial charge in [-0.15, -0.1) is 0 Å². The molecule has 0 N–H and O–H groups in total. The van der Waals surface area contributed by atoms with E-state index in [4.69, 9.17) is 4.74 Å². The fourth-order valence-corrected chi connectivity index (χ4v) is 0.919. The van der Waals surface area contributed by atoms with Crippen LogP contribution in [-0.4, -0.2) is 12.6 Å². The van der Waals surface area contributed by atoms with Crippen molar-refractivity contribution in [3.05, 3.63) is 12.2 Å². The Bertz CT molecular complexity index is 150. The summed E-state index contributed by atoms with van der Waals surface area (Å²) in [5.41, 5.74) is 0. The van der Waals surface area contributed by atoms with Gasteiger partial charge in [0.1, 0.15) is 0 Å². The highest BCUT2D eigenvalue weighted by atomic mass is 16.5. The fourth-order valence-electron chi connectivity index (χ4n) is 0.919. The normalized spacial score (nSPS) is 10.6. The molecule has 0 saturated heterocycles. The predicted octanol–water partition coefficient (Wildman–Crippen LogP) is 3.08. The maximum absolute atomic E-state index is 11.0. The maximum atomic E-state index is 11.0. The first-order chi connectivity index (χ1) is 6.31. The second kappa shape index (κ2) is 9.30. The quantitative estimate of drug-likeness (QED) is 0.345. The Kier molecular flexibility index (Phi) is 8.73. The molecule has 76 valence electrons. The van der Waals surface area contributed by atoms with Gasteiger partial charge in [0.15, 0.2) is 0 Å². The third kappa shape index (κ3) is 9.12. The molecule has 0 heterocycles. The van der Waals surface area contributed by atoms with E-state index < -0.39 is 0 Å². The van der Waals surface area contributed by atoms with Gasteiger partial charge >= 0.3 is 5.97 Å². The van der Waals surface area contributed by atoms with Gasteiger partial charge in [0, 0.05) is 6.08 Å². The lowest BCUT2D eigenvalue weighted by atomic mass is 10.3. The molecule has 0 rings (SSSR count). The van der Waals surface area contributed by atoms with Crippen molar-refractivity contribution in [2.75, 3.05) is 6.61 Å². The minimum atomic E-state index is -0.204. The van der Waals surface area contributed by atoms with Crippen molar-refractivity contribution in [2.24, 2.45) is 0 Å². The summed E-state index contributed by atoms with van der Waals surface area (Å²) < 4.78 is 4.96. The lowest BCUT2D eigenvalue weighted by Crippen LogP contribution is -2.01. The van der Waals surface area contributed by atoms with Crippen LogP contribution in [0.15, 0.2) is 12.2 Å². The number of ether oxygens (including phenoxy) is 1. The topological polar surface area (TPSA) is 26.3 Å². The van der Waals surface area contributed by atoms with Gasteiger partial charge in [0.05, 0.1) is 6.61 Å². The van der Waals surface area contributed by atoms with Crippen LogP contribution in [0, 0.1) is 0 Å². The van der Waals surface area contributed by atoms with E-state index in [-0.39, 0.29) is 5.97 Å². The molecular formula is C11H20O2. The Hall–Kier alpha value is -0.790. The van der Waals surface area contributed by atoms with Gasteiger partial charge in [-0.2, -0.15) is 0 Å². The molecule has 0 aliphatic carbocycles. The summed E-state index contributed by atoms with van der Waals surface area (Å²) in [6.45, 7) is 4.77. The number of carbonyl (C=O) groups excluding carboxylic acids is 1. The van der Waals surface area contributed by atoms with E-state index in [9.17, 15) is 4.79 Å². The number of hydrogen-bond donors (Lipinski definition) is 0. The summed E-state index contributed by atoms with van der Waals surface area (Å²) in [6.07, 6.45) is 8.67. The van der Waals surface area contributed by atoms with Gasteiger partial charge in [0.2, 0.25) is 0 Å². The van der Waals surface area contributed by atoms with Crippen LogP contribution in [0.2, 0.25) is 0 Å². The molecule has 13 heavy (non-hydrogen) atoms. The van der Waals surface area contributed by atoms with E-state index in [2.05, 4.69) is 13.8 Å². The van der Waals surface area contributed by atoms with Gasteiger partial charge in [0.25, 0.3) is 0 Å². The van der Waals surface area contributed by atoms with Gasteiger partial charge in [-0.1, -0.05) is 39.2 Å². The summed E-state index contributed by atoms with van der Waals surface area (Å²) in [6, 6.07) is 0. The molecule has 0 spiro atoms. The molecule has 0 radical (unpaired) electrons. The van der Waals surface area contributed by atoms with Crippen molar-refractivity contribution in [3.63, 3.8) is 0 Å². The number of carbonyl (C=O) groups is 1. The van der Waals surface area contributed by atoms with E-state index >= 15 is 0 Å². The number of rotatable bonds is 7. The smallest absolute Gasteiger partial charge is 0.330 e. The molecule has 0 fully saturated rings. The average Bonchev–Trinajstić information content (AvgIpc) is 2.13. The Labute approximate surface area is 81.0 Å². The zero-order chi connectivity index (χ0) is 9.94. The van der Waals surface area contributed by atoms with Crippen LogP contribution in [0.3, 0.4) is 0 Å². The van der Waals surface area contributed by atoms with Crippen molar-refractivity contribution in [1.82, 2.24) is 0 Å². The van der Waals surface area contributed by atoms with Crippen molar-refractivity contribution in [3.8, 4) is 0 Å². The summed E-state index contributed by atoms with van der Waals surface area (Å²) in [7, 11) is 0. The second-order valence-corrected chi connectivity index (χ2v) is 3.07. The van der Waals surface area contributed by atoms with Crippen LogP contribution < -0.4 is 0 Å². The minimum Gasteiger partial charge on any atom is -0.463 e. The molecule has 2 heteroatoms. The highest BCUT2D eigenvalue weighted by Gasteiger charge is 1.94. The fraction of sp³-hybridized carbons (Fsp3) is 0.727. The number of unbranched alkanes of at least 4 members (excludes halogenated alkanes) is 3. The lowest BCUT2D eigenvalue weighted by Gasteiger charge is -1.99. The van der Waals surface area contributed by atoms with E-state index in [1.807, 2.05) is 6.08 Å². The van der Waals surface area contributed by atoms with Crippen molar-refractivity contribution in [2.45, 2.75) is 46.0 Å². The number of esters is 1.